The zero-order valence-corrected chi connectivity index (χ0v) is 16.8. The molecule has 2 amide bonds. The normalized spacial score (nSPS) is 10.7. The Bertz CT molecular complexity index is 1130. The van der Waals surface area contributed by atoms with Gasteiger partial charge in [-0.1, -0.05) is 23.2 Å². The van der Waals surface area contributed by atoms with Crippen molar-refractivity contribution in [1.29, 1.82) is 0 Å². The number of amides is 2. The molecule has 7 nitrogen and oxygen atoms in total. The molecule has 4 N–H and O–H groups in total. The molecule has 3 rings (SSSR count). The van der Waals surface area contributed by atoms with Crippen molar-refractivity contribution in [3.05, 3.63) is 87.4 Å². The molecule has 152 valence electrons. The maximum atomic E-state index is 12.3. The molecule has 9 heteroatoms. The van der Waals surface area contributed by atoms with Gasteiger partial charge in [0.05, 0.1) is 16.8 Å². The Morgan fingerprint density at radius 3 is 2.30 bits per heavy atom. The van der Waals surface area contributed by atoms with Crippen molar-refractivity contribution < 1.29 is 19.8 Å². The molecule has 0 aliphatic rings. The van der Waals surface area contributed by atoms with Crippen LogP contribution in [0.3, 0.4) is 0 Å². The van der Waals surface area contributed by atoms with E-state index in [1.54, 1.807) is 18.2 Å². The van der Waals surface area contributed by atoms with Gasteiger partial charge >= 0.3 is 0 Å². The van der Waals surface area contributed by atoms with E-state index in [9.17, 15) is 19.8 Å². The van der Waals surface area contributed by atoms with Gasteiger partial charge in [-0.15, -0.1) is 0 Å². The largest absolute Gasteiger partial charge is 0.508 e. The zero-order chi connectivity index (χ0) is 21.7. The Balaban J connectivity index is 1.61. The molecule has 0 aromatic heterocycles. The summed E-state index contributed by atoms with van der Waals surface area (Å²) in [5.74, 6) is -1.15. The maximum absolute atomic E-state index is 12.3. The molecule has 0 heterocycles. The minimum Gasteiger partial charge on any atom is -0.508 e. The highest BCUT2D eigenvalue weighted by Crippen LogP contribution is 2.22. The average molecular weight is 444 g/mol. The Hall–Kier alpha value is -3.55. The predicted octanol–water partition coefficient (Wildman–Crippen LogP) is 4.42. The van der Waals surface area contributed by atoms with Gasteiger partial charge in [-0.25, -0.2) is 5.43 Å². The second-order valence-corrected chi connectivity index (χ2v) is 6.94. The number of rotatable bonds is 5. The number of anilines is 1. The third kappa shape index (κ3) is 5.28. The molecule has 3 aromatic carbocycles. The lowest BCUT2D eigenvalue weighted by atomic mass is 10.1. The monoisotopic (exact) mass is 443 g/mol. The highest BCUT2D eigenvalue weighted by molar-refractivity contribution is 6.37. The number of hydrogen-bond donors (Lipinski definition) is 4. The van der Waals surface area contributed by atoms with Gasteiger partial charge in [-0.2, -0.15) is 5.10 Å². The quantitative estimate of drug-likeness (QED) is 0.345. The number of carbonyl (C=O) groups excluding carboxylic acids is 2. The highest BCUT2D eigenvalue weighted by Gasteiger charge is 2.12. The second kappa shape index (κ2) is 9.30. The summed E-state index contributed by atoms with van der Waals surface area (Å²) in [7, 11) is 0. The summed E-state index contributed by atoms with van der Waals surface area (Å²) >= 11 is 11.9. The van der Waals surface area contributed by atoms with Crippen LogP contribution in [0.25, 0.3) is 0 Å². The summed E-state index contributed by atoms with van der Waals surface area (Å²) < 4.78 is 0. The minimum absolute atomic E-state index is 0.0841. The summed E-state index contributed by atoms with van der Waals surface area (Å²) in [6.07, 6.45) is 1.25. The van der Waals surface area contributed by atoms with Crippen molar-refractivity contribution in [2.45, 2.75) is 0 Å². The maximum Gasteiger partial charge on any atom is 0.271 e. The van der Waals surface area contributed by atoms with Crippen molar-refractivity contribution in [3.8, 4) is 11.5 Å². The van der Waals surface area contributed by atoms with E-state index >= 15 is 0 Å². The smallest absolute Gasteiger partial charge is 0.271 e. The summed E-state index contributed by atoms with van der Waals surface area (Å²) in [6, 6.07) is 14.7. The van der Waals surface area contributed by atoms with Crippen molar-refractivity contribution >= 4 is 46.9 Å². The predicted molar refractivity (Wildman–Crippen MR) is 116 cm³/mol. The first-order chi connectivity index (χ1) is 14.3. The first-order valence-corrected chi connectivity index (χ1v) is 9.31. The van der Waals surface area contributed by atoms with E-state index in [0.717, 1.165) is 6.07 Å². The number of nitrogens with one attached hydrogen (secondary N) is 2. The van der Waals surface area contributed by atoms with Crippen molar-refractivity contribution in [3.63, 3.8) is 0 Å². The molecule has 0 saturated carbocycles. The first kappa shape index (κ1) is 21.2. The van der Waals surface area contributed by atoms with Crippen molar-refractivity contribution in [1.82, 2.24) is 5.43 Å². The summed E-state index contributed by atoms with van der Waals surface area (Å²) in [4.78, 5) is 24.5. The van der Waals surface area contributed by atoms with E-state index in [1.807, 2.05) is 0 Å². The third-order valence-electron chi connectivity index (χ3n) is 3.96. The number of carbonyl (C=O) groups is 2. The first-order valence-electron chi connectivity index (χ1n) is 8.55. The van der Waals surface area contributed by atoms with Crippen LogP contribution >= 0.6 is 23.2 Å². The number of hydrazone groups is 1. The molecule has 3 aromatic rings. The lowest BCUT2D eigenvalue weighted by Crippen LogP contribution is -2.18. The number of nitrogens with zero attached hydrogens (tertiary/aromatic N) is 1. The Morgan fingerprint density at radius 2 is 1.63 bits per heavy atom. The summed E-state index contributed by atoms with van der Waals surface area (Å²) in [5, 5.41) is 26.0. The fraction of sp³-hybridized carbons (Fsp3) is 0. The van der Waals surface area contributed by atoms with Gasteiger partial charge in [0.1, 0.15) is 11.5 Å². The Kier molecular flexibility index (Phi) is 6.56. The molecule has 0 unspecified atom stereocenters. The Labute approximate surface area is 181 Å². The summed E-state index contributed by atoms with van der Waals surface area (Å²) in [5.41, 5.74) is 3.71. The molecule has 0 spiro atoms. The molecular weight excluding hydrogens is 429 g/mol. The standard InChI is InChI=1S/C21H15Cl2N3O4/c22-14-4-8-17(18(23)9-14)21(30)25-15-5-1-12(2-6-15)20(29)26-24-11-13-3-7-16(27)10-19(13)28/h1-11,27-28H,(H,25,30)(H,26,29)/b24-11-. The number of benzene rings is 3. The van der Waals surface area contributed by atoms with E-state index in [-0.39, 0.29) is 22.1 Å². The van der Waals surface area contributed by atoms with Crippen LogP contribution in [0.4, 0.5) is 5.69 Å². The molecule has 0 aliphatic heterocycles. The molecule has 0 radical (unpaired) electrons. The van der Waals surface area contributed by atoms with E-state index in [0.29, 0.717) is 21.8 Å². The lowest BCUT2D eigenvalue weighted by molar-refractivity contribution is 0.0954. The molecular formula is C21H15Cl2N3O4. The minimum atomic E-state index is -0.483. The van der Waals surface area contributed by atoms with Crippen LogP contribution in [0.15, 0.2) is 65.8 Å². The number of aromatic hydroxyl groups is 2. The van der Waals surface area contributed by atoms with Gasteiger partial charge in [0.15, 0.2) is 0 Å². The van der Waals surface area contributed by atoms with Gasteiger partial charge in [-0.05, 0) is 54.6 Å². The fourth-order valence-electron chi connectivity index (χ4n) is 2.44. The number of phenolic OH excluding ortho intramolecular Hbond substituents is 2. The number of phenols is 2. The Morgan fingerprint density at radius 1 is 0.900 bits per heavy atom. The van der Waals surface area contributed by atoms with Gasteiger partial charge < -0.3 is 15.5 Å². The fourth-order valence-corrected chi connectivity index (χ4v) is 2.94. The molecule has 0 bridgehead atoms. The van der Waals surface area contributed by atoms with E-state index in [2.05, 4.69) is 15.8 Å². The molecule has 0 atom stereocenters. The van der Waals surface area contributed by atoms with Gasteiger partial charge in [0.25, 0.3) is 11.8 Å². The van der Waals surface area contributed by atoms with Crippen LogP contribution in [0, 0.1) is 0 Å². The van der Waals surface area contributed by atoms with Crippen LogP contribution in [0.5, 0.6) is 11.5 Å². The van der Waals surface area contributed by atoms with Gasteiger partial charge in [-0.3, -0.25) is 9.59 Å². The highest BCUT2D eigenvalue weighted by atomic mass is 35.5. The topological polar surface area (TPSA) is 111 Å². The molecule has 30 heavy (non-hydrogen) atoms. The summed E-state index contributed by atoms with van der Waals surface area (Å²) in [6.45, 7) is 0. The van der Waals surface area contributed by atoms with Crippen LogP contribution in [0.2, 0.25) is 10.0 Å². The number of hydrogen-bond acceptors (Lipinski definition) is 5. The molecule has 0 saturated heterocycles. The van der Waals surface area contributed by atoms with E-state index in [1.165, 1.54) is 42.6 Å². The van der Waals surface area contributed by atoms with Crippen LogP contribution in [-0.4, -0.2) is 28.2 Å². The zero-order valence-electron chi connectivity index (χ0n) is 15.3. The molecule has 0 aliphatic carbocycles. The van der Waals surface area contributed by atoms with E-state index < -0.39 is 11.8 Å². The van der Waals surface area contributed by atoms with Crippen LogP contribution in [-0.2, 0) is 0 Å². The average Bonchev–Trinajstić information content (AvgIpc) is 2.70. The number of halogens is 2. The van der Waals surface area contributed by atoms with Crippen LogP contribution < -0.4 is 10.7 Å². The van der Waals surface area contributed by atoms with Crippen LogP contribution in [0.1, 0.15) is 26.3 Å². The van der Waals surface area contributed by atoms with Gasteiger partial charge in [0.2, 0.25) is 0 Å². The van der Waals surface area contributed by atoms with E-state index in [4.69, 9.17) is 23.2 Å². The molecule has 0 fully saturated rings. The van der Waals surface area contributed by atoms with Crippen molar-refractivity contribution in [2.75, 3.05) is 5.32 Å². The third-order valence-corrected chi connectivity index (χ3v) is 4.51. The lowest BCUT2D eigenvalue weighted by Gasteiger charge is -2.08. The van der Waals surface area contributed by atoms with Crippen molar-refractivity contribution in [2.24, 2.45) is 5.10 Å². The van der Waals surface area contributed by atoms with Gasteiger partial charge in [0, 0.05) is 27.9 Å². The second-order valence-electron chi connectivity index (χ2n) is 6.10. The SMILES string of the molecule is O=C(N/N=C\c1ccc(O)cc1O)c1ccc(NC(=O)c2ccc(Cl)cc2Cl)cc1.